The summed E-state index contributed by atoms with van der Waals surface area (Å²) >= 11 is 3.15. The molecule has 2 atom stereocenters. The molecule has 1 nitrogen and oxygen atoms in total. The van der Waals surface area contributed by atoms with Crippen LogP contribution in [0.3, 0.4) is 0 Å². The first-order valence-electron chi connectivity index (χ1n) is 3.73. The third kappa shape index (κ3) is 1.21. The number of hydrogen-bond donors (Lipinski definition) is 0. The monoisotopic (exact) mass is 174 g/mol. The average molecular weight is 174 g/mol. The maximum Gasteiger partial charge on any atom is 0.246 e. The van der Waals surface area contributed by atoms with Crippen molar-refractivity contribution in [3.8, 4) is 0 Å². The smallest absolute Gasteiger partial charge is 0.246 e. The van der Waals surface area contributed by atoms with E-state index in [-0.39, 0.29) is 0 Å². The molecule has 0 amide bonds. The van der Waals surface area contributed by atoms with E-state index < -0.39 is 0 Å². The molecule has 56 valence electrons. The summed E-state index contributed by atoms with van der Waals surface area (Å²) in [4.78, 5) is 10.9. The zero-order valence-corrected chi connectivity index (χ0v) is 7.34. The fourth-order valence-corrected chi connectivity index (χ4v) is 4.54. The molecule has 0 bridgehead atoms. The summed E-state index contributed by atoms with van der Waals surface area (Å²) in [6, 6.07) is 0. The van der Waals surface area contributed by atoms with Crippen molar-refractivity contribution >= 4 is 28.0 Å². The van der Waals surface area contributed by atoms with Crippen LogP contribution in [-0.2, 0) is 0 Å². The van der Waals surface area contributed by atoms with E-state index in [1.807, 2.05) is 0 Å². The van der Waals surface area contributed by atoms with Gasteiger partial charge in [-0.05, 0) is 12.8 Å². The largest absolute Gasteiger partial charge is 0.274 e. The Labute approximate surface area is 69.3 Å². The van der Waals surface area contributed by atoms with Gasteiger partial charge in [-0.3, -0.25) is 4.79 Å². The fraction of sp³-hybridized carbons (Fsp3) is 0.857. The SMILES string of the molecule is O=C1SC2CCCCC2S1. The summed E-state index contributed by atoms with van der Waals surface area (Å²) in [6.45, 7) is 0. The molecule has 1 aliphatic carbocycles. The molecule has 0 aromatic heterocycles. The molecule has 1 aliphatic heterocycles. The lowest BCUT2D eigenvalue weighted by molar-refractivity contribution is 0.277. The molecule has 1 heterocycles. The zero-order chi connectivity index (χ0) is 6.97. The average Bonchev–Trinajstić information content (AvgIpc) is 2.27. The van der Waals surface area contributed by atoms with E-state index in [1.54, 1.807) is 23.5 Å². The lowest BCUT2D eigenvalue weighted by Gasteiger charge is -2.21. The van der Waals surface area contributed by atoms with Crippen molar-refractivity contribution in [2.45, 2.75) is 36.2 Å². The first-order valence-corrected chi connectivity index (χ1v) is 5.49. The fourth-order valence-electron chi connectivity index (χ4n) is 1.61. The van der Waals surface area contributed by atoms with Gasteiger partial charge in [0.15, 0.2) is 0 Å². The second-order valence-electron chi connectivity index (χ2n) is 2.85. The molecule has 10 heavy (non-hydrogen) atoms. The maximum absolute atomic E-state index is 10.9. The van der Waals surface area contributed by atoms with Crippen molar-refractivity contribution in [2.75, 3.05) is 0 Å². The second kappa shape index (κ2) is 2.78. The summed E-state index contributed by atoms with van der Waals surface area (Å²) in [6.07, 6.45) is 5.21. The van der Waals surface area contributed by atoms with E-state index in [4.69, 9.17) is 0 Å². The lowest BCUT2D eigenvalue weighted by Crippen LogP contribution is -2.19. The Balaban J connectivity index is 2.04. The summed E-state index contributed by atoms with van der Waals surface area (Å²) in [7, 11) is 0. The summed E-state index contributed by atoms with van der Waals surface area (Å²) < 4.78 is 0.358. The van der Waals surface area contributed by atoms with E-state index >= 15 is 0 Å². The van der Waals surface area contributed by atoms with Crippen molar-refractivity contribution < 1.29 is 4.79 Å². The number of fused-ring (bicyclic) bond motifs is 1. The molecule has 0 spiro atoms. The Hall–Kier alpha value is 0.370. The van der Waals surface area contributed by atoms with E-state index in [9.17, 15) is 4.79 Å². The molecule has 0 aromatic rings. The minimum atomic E-state index is 0.358. The molecule has 1 saturated heterocycles. The molecule has 2 fully saturated rings. The molecule has 0 radical (unpaired) electrons. The second-order valence-corrected chi connectivity index (χ2v) is 5.53. The van der Waals surface area contributed by atoms with Gasteiger partial charge in [-0.1, -0.05) is 36.4 Å². The van der Waals surface area contributed by atoms with E-state index in [0.717, 1.165) is 0 Å². The summed E-state index contributed by atoms with van der Waals surface area (Å²) in [5.74, 6) is 0. The van der Waals surface area contributed by atoms with Crippen LogP contribution < -0.4 is 0 Å². The van der Waals surface area contributed by atoms with Gasteiger partial charge in [-0.15, -0.1) is 0 Å². The van der Waals surface area contributed by atoms with Gasteiger partial charge in [-0.2, -0.15) is 0 Å². The first-order chi connectivity index (χ1) is 4.86. The van der Waals surface area contributed by atoms with Crippen molar-refractivity contribution in [1.29, 1.82) is 0 Å². The molecular weight excluding hydrogens is 164 g/mol. The van der Waals surface area contributed by atoms with Crippen molar-refractivity contribution in [3.05, 3.63) is 0 Å². The standard InChI is InChI=1S/C7H10OS2/c8-7-9-5-3-1-2-4-6(5)10-7/h5-6H,1-4H2. The highest BCUT2D eigenvalue weighted by Gasteiger charge is 2.35. The number of carbonyl (C=O) groups excluding carboxylic acids is 1. The van der Waals surface area contributed by atoms with Crippen LogP contribution in [0.2, 0.25) is 0 Å². The Morgan fingerprint density at radius 3 is 2.10 bits per heavy atom. The minimum Gasteiger partial charge on any atom is -0.274 e. The maximum atomic E-state index is 10.9. The van der Waals surface area contributed by atoms with Gasteiger partial charge >= 0.3 is 0 Å². The van der Waals surface area contributed by atoms with Gasteiger partial charge in [0.05, 0.1) is 0 Å². The summed E-state index contributed by atoms with van der Waals surface area (Å²) in [5.41, 5.74) is 0. The van der Waals surface area contributed by atoms with Crippen LogP contribution in [0.25, 0.3) is 0 Å². The molecule has 2 rings (SSSR count). The normalized spacial score (nSPS) is 39.8. The van der Waals surface area contributed by atoms with Gasteiger partial charge in [0, 0.05) is 10.5 Å². The van der Waals surface area contributed by atoms with Crippen LogP contribution in [0.4, 0.5) is 4.79 Å². The molecule has 0 N–H and O–H groups in total. The van der Waals surface area contributed by atoms with Crippen molar-refractivity contribution in [3.63, 3.8) is 0 Å². The quantitative estimate of drug-likeness (QED) is 0.562. The van der Waals surface area contributed by atoms with Gasteiger partial charge < -0.3 is 0 Å². The Bertz CT molecular complexity index is 142. The van der Waals surface area contributed by atoms with E-state index in [2.05, 4.69) is 0 Å². The highest BCUT2D eigenvalue weighted by Crippen LogP contribution is 2.46. The number of carbonyl (C=O) groups is 1. The molecule has 2 unspecified atom stereocenters. The summed E-state index contributed by atoms with van der Waals surface area (Å²) in [5, 5.41) is 1.34. The lowest BCUT2D eigenvalue weighted by atomic mass is 10.00. The van der Waals surface area contributed by atoms with Gasteiger partial charge in [0.25, 0.3) is 0 Å². The van der Waals surface area contributed by atoms with Crippen LogP contribution >= 0.6 is 23.5 Å². The van der Waals surface area contributed by atoms with Gasteiger partial charge in [0.1, 0.15) is 0 Å². The van der Waals surface area contributed by atoms with Gasteiger partial charge in [-0.25, -0.2) is 0 Å². The highest BCUT2D eigenvalue weighted by atomic mass is 32.2. The third-order valence-corrected chi connectivity index (χ3v) is 5.01. The van der Waals surface area contributed by atoms with E-state index in [1.165, 1.54) is 25.7 Å². The van der Waals surface area contributed by atoms with Crippen LogP contribution in [0, 0.1) is 0 Å². The molecular formula is C7H10OS2. The molecule has 2 aliphatic rings. The van der Waals surface area contributed by atoms with Crippen LogP contribution in [-0.4, -0.2) is 14.9 Å². The predicted molar refractivity (Wildman–Crippen MR) is 46.6 cm³/mol. The predicted octanol–water partition coefficient (Wildman–Crippen LogP) is 2.90. The number of rotatable bonds is 0. The highest BCUT2D eigenvalue weighted by molar-refractivity contribution is 8.41. The minimum absolute atomic E-state index is 0.358. The van der Waals surface area contributed by atoms with Crippen LogP contribution in [0.5, 0.6) is 0 Å². The molecule has 3 heteroatoms. The topological polar surface area (TPSA) is 17.1 Å². The van der Waals surface area contributed by atoms with Crippen molar-refractivity contribution in [1.82, 2.24) is 0 Å². The molecule has 1 saturated carbocycles. The van der Waals surface area contributed by atoms with E-state index in [0.29, 0.717) is 14.9 Å². The number of hydrogen-bond acceptors (Lipinski definition) is 3. The Morgan fingerprint density at radius 2 is 1.60 bits per heavy atom. The van der Waals surface area contributed by atoms with Gasteiger partial charge in [0.2, 0.25) is 4.45 Å². The first kappa shape index (κ1) is 7.04. The Kier molecular flexibility index (Phi) is 1.96. The zero-order valence-electron chi connectivity index (χ0n) is 5.71. The van der Waals surface area contributed by atoms with Crippen molar-refractivity contribution in [2.24, 2.45) is 0 Å². The Morgan fingerprint density at radius 1 is 1.10 bits per heavy atom. The third-order valence-electron chi connectivity index (χ3n) is 2.14. The van der Waals surface area contributed by atoms with Crippen LogP contribution in [0.15, 0.2) is 0 Å². The van der Waals surface area contributed by atoms with Crippen LogP contribution in [0.1, 0.15) is 25.7 Å². The number of thioether (sulfide) groups is 2. The molecule has 0 aromatic carbocycles.